The fourth-order valence-corrected chi connectivity index (χ4v) is 2.94. The molecule has 0 aliphatic rings. The number of hydrogen-bond acceptors (Lipinski definition) is 4. The standard InChI is InChI=1S/C22H23N3O3/c1-3-16-9-11-18(12-10-16)20-14-22(28-25-20)24-21(27)13-19(23-15(2)26)17-7-5-4-6-8-17/h4-12,14,19H,3,13H2,1-2H3,(H,23,26)(H,24,27). The van der Waals surface area contributed by atoms with Crippen molar-refractivity contribution in [2.24, 2.45) is 0 Å². The molecule has 0 fully saturated rings. The molecule has 3 rings (SSSR count). The number of nitrogens with zero attached hydrogens (tertiary/aromatic N) is 1. The zero-order chi connectivity index (χ0) is 19.9. The highest BCUT2D eigenvalue weighted by atomic mass is 16.5. The number of hydrogen-bond donors (Lipinski definition) is 2. The van der Waals surface area contributed by atoms with Crippen molar-refractivity contribution in [3.05, 3.63) is 71.8 Å². The lowest BCUT2D eigenvalue weighted by atomic mass is 10.0. The van der Waals surface area contributed by atoms with Gasteiger partial charge in [0.2, 0.25) is 17.7 Å². The molecule has 0 aliphatic carbocycles. The second-order valence-electron chi connectivity index (χ2n) is 6.54. The third-order valence-electron chi connectivity index (χ3n) is 4.40. The lowest BCUT2D eigenvalue weighted by molar-refractivity contribution is -0.120. The van der Waals surface area contributed by atoms with Crippen LogP contribution in [-0.2, 0) is 16.0 Å². The van der Waals surface area contributed by atoms with Crippen molar-refractivity contribution < 1.29 is 14.1 Å². The Morgan fingerprint density at radius 1 is 1.07 bits per heavy atom. The summed E-state index contributed by atoms with van der Waals surface area (Å²) in [5.74, 6) is -0.194. The number of anilines is 1. The van der Waals surface area contributed by atoms with E-state index >= 15 is 0 Å². The zero-order valence-electron chi connectivity index (χ0n) is 15.9. The third-order valence-corrected chi connectivity index (χ3v) is 4.40. The summed E-state index contributed by atoms with van der Waals surface area (Å²) in [4.78, 5) is 24.0. The number of aromatic nitrogens is 1. The third kappa shape index (κ3) is 5.07. The first kappa shape index (κ1) is 19.4. The van der Waals surface area contributed by atoms with Gasteiger partial charge >= 0.3 is 0 Å². The van der Waals surface area contributed by atoms with Crippen LogP contribution in [0.4, 0.5) is 5.88 Å². The van der Waals surface area contributed by atoms with Crippen LogP contribution in [0, 0.1) is 0 Å². The lowest BCUT2D eigenvalue weighted by Crippen LogP contribution is -2.29. The van der Waals surface area contributed by atoms with Crippen LogP contribution in [0.3, 0.4) is 0 Å². The highest BCUT2D eigenvalue weighted by Crippen LogP contribution is 2.23. The predicted octanol–water partition coefficient (Wildman–Crippen LogP) is 4.11. The van der Waals surface area contributed by atoms with Gasteiger partial charge in [0.15, 0.2) is 0 Å². The molecule has 0 saturated carbocycles. The zero-order valence-corrected chi connectivity index (χ0v) is 15.9. The minimum Gasteiger partial charge on any atom is -0.349 e. The van der Waals surface area contributed by atoms with Crippen LogP contribution in [0.2, 0.25) is 0 Å². The highest BCUT2D eigenvalue weighted by Gasteiger charge is 2.18. The Morgan fingerprint density at radius 2 is 1.79 bits per heavy atom. The SMILES string of the molecule is CCc1ccc(-c2cc(NC(=O)CC(NC(C)=O)c3ccccc3)on2)cc1. The van der Waals surface area contributed by atoms with Gasteiger partial charge in [-0.25, -0.2) is 0 Å². The molecule has 28 heavy (non-hydrogen) atoms. The molecule has 2 N–H and O–H groups in total. The topological polar surface area (TPSA) is 84.2 Å². The summed E-state index contributed by atoms with van der Waals surface area (Å²) in [6.07, 6.45) is 1.06. The van der Waals surface area contributed by atoms with E-state index < -0.39 is 6.04 Å². The maximum absolute atomic E-state index is 12.5. The maximum Gasteiger partial charge on any atom is 0.231 e. The summed E-state index contributed by atoms with van der Waals surface area (Å²) in [7, 11) is 0. The van der Waals surface area contributed by atoms with Crippen molar-refractivity contribution in [3.8, 4) is 11.3 Å². The number of aryl methyl sites for hydroxylation is 1. The summed E-state index contributed by atoms with van der Waals surface area (Å²) in [6, 6.07) is 18.7. The molecule has 1 aromatic heterocycles. The highest BCUT2D eigenvalue weighted by molar-refractivity contribution is 5.90. The van der Waals surface area contributed by atoms with Crippen LogP contribution in [0.5, 0.6) is 0 Å². The number of benzene rings is 2. The van der Waals surface area contributed by atoms with Crippen molar-refractivity contribution in [2.75, 3.05) is 5.32 Å². The van der Waals surface area contributed by atoms with E-state index in [-0.39, 0.29) is 24.1 Å². The van der Waals surface area contributed by atoms with Crippen LogP contribution in [0.25, 0.3) is 11.3 Å². The Bertz CT molecular complexity index is 933. The molecule has 0 radical (unpaired) electrons. The molecule has 2 aromatic carbocycles. The number of nitrogens with one attached hydrogen (secondary N) is 2. The van der Waals surface area contributed by atoms with Gasteiger partial charge < -0.3 is 9.84 Å². The Labute approximate surface area is 163 Å². The van der Waals surface area contributed by atoms with Gasteiger partial charge in [-0.2, -0.15) is 0 Å². The van der Waals surface area contributed by atoms with Crippen molar-refractivity contribution in [3.63, 3.8) is 0 Å². The van der Waals surface area contributed by atoms with Gasteiger partial charge in [0.25, 0.3) is 0 Å². The Balaban J connectivity index is 1.66. The van der Waals surface area contributed by atoms with Crippen LogP contribution >= 0.6 is 0 Å². The first-order valence-corrected chi connectivity index (χ1v) is 9.23. The van der Waals surface area contributed by atoms with E-state index in [1.54, 1.807) is 6.07 Å². The van der Waals surface area contributed by atoms with E-state index in [0.29, 0.717) is 5.69 Å². The number of rotatable bonds is 7. The Morgan fingerprint density at radius 3 is 2.43 bits per heavy atom. The van der Waals surface area contributed by atoms with Crippen molar-refractivity contribution in [1.82, 2.24) is 10.5 Å². The van der Waals surface area contributed by atoms with E-state index in [1.165, 1.54) is 12.5 Å². The van der Waals surface area contributed by atoms with Gasteiger partial charge in [-0.05, 0) is 17.5 Å². The molecule has 0 spiro atoms. The number of amides is 2. The van der Waals surface area contributed by atoms with Crippen molar-refractivity contribution in [2.45, 2.75) is 32.7 Å². The molecule has 0 saturated heterocycles. The second kappa shape index (κ2) is 8.99. The van der Waals surface area contributed by atoms with Crippen LogP contribution in [0.1, 0.15) is 37.4 Å². The molecule has 3 aromatic rings. The molecule has 0 aliphatic heterocycles. The molecule has 2 amide bonds. The maximum atomic E-state index is 12.5. The van der Waals surface area contributed by atoms with E-state index in [9.17, 15) is 9.59 Å². The van der Waals surface area contributed by atoms with Crippen LogP contribution in [0.15, 0.2) is 65.2 Å². The minimum atomic E-state index is -0.414. The lowest BCUT2D eigenvalue weighted by Gasteiger charge is -2.17. The molecule has 1 atom stereocenters. The van der Waals surface area contributed by atoms with E-state index in [0.717, 1.165) is 17.5 Å². The molecular weight excluding hydrogens is 354 g/mol. The number of carbonyl (C=O) groups is 2. The molecule has 144 valence electrons. The van der Waals surface area contributed by atoms with Gasteiger partial charge in [0.1, 0.15) is 5.69 Å². The molecule has 1 unspecified atom stereocenters. The first-order chi connectivity index (χ1) is 13.5. The smallest absolute Gasteiger partial charge is 0.231 e. The summed E-state index contributed by atoms with van der Waals surface area (Å²) < 4.78 is 5.25. The predicted molar refractivity (Wildman–Crippen MR) is 108 cm³/mol. The summed E-state index contributed by atoms with van der Waals surface area (Å²) in [6.45, 7) is 3.53. The normalized spacial score (nSPS) is 11.6. The molecular formula is C22H23N3O3. The van der Waals surface area contributed by atoms with Gasteiger partial charge in [0.05, 0.1) is 12.5 Å². The van der Waals surface area contributed by atoms with Crippen LogP contribution in [-0.4, -0.2) is 17.0 Å². The van der Waals surface area contributed by atoms with Crippen LogP contribution < -0.4 is 10.6 Å². The van der Waals surface area contributed by atoms with Gasteiger partial charge in [0, 0.05) is 18.6 Å². The quantitative estimate of drug-likeness (QED) is 0.649. The monoisotopic (exact) mass is 377 g/mol. The van der Waals surface area contributed by atoms with E-state index in [1.807, 2.05) is 54.6 Å². The molecule has 6 nitrogen and oxygen atoms in total. The average Bonchev–Trinajstić information content (AvgIpc) is 3.16. The summed E-state index contributed by atoms with van der Waals surface area (Å²) in [5.41, 5.74) is 3.68. The Kier molecular flexibility index (Phi) is 6.22. The van der Waals surface area contributed by atoms with E-state index in [4.69, 9.17) is 4.52 Å². The van der Waals surface area contributed by atoms with Gasteiger partial charge in [-0.1, -0.05) is 66.7 Å². The minimum absolute atomic E-state index is 0.0881. The molecule has 0 bridgehead atoms. The fourth-order valence-electron chi connectivity index (χ4n) is 2.94. The molecule has 1 heterocycles. The average molecular weight is 377 g/mol. The van der Waals surface area contributed by atoms with Crippen molar-refractivity contribution in [1.29, 1.82) is 0 Å². The van der Waals surface area contributed by atoms with Gasteiger partial charge in [-0.15, -0.1) is 0 Å². The van der Waals surface area contributed by atoms with Gasteiger partial charge in [-0.3, -0.25) is 14.9 Å². The summed E-state index contributed by atoms with van der Waals surface area (Å²) >= 11 is 0. The summed E-state index contributed by atoms with van der Waals surface area (Å²) in [5, 5.41) is 9.54. The largest absolute Gasteiger partial charge is 0.349 e. The fraction of sp³-hybridized carbons (Fsp3) is 0.227. The Hall–Kier alpha value is -3.41. The second-order valence-corrected chi connectivity index (χ2v) is 6.54. The first-order valence-electron chi connectivity index (χ1n) is 9.23. The number of carbonyl (C=O) groups excluding carboxylic acids is 2. The molecule has 6 heteroatoms. The van der Waals surface area contributed by atoms with E-state index in [2.05, 4.69) is 22.7 Å². The van der Waals surface area contributed by atoms with Crippen molar-refractivity contribution >= 4 is 17.7 Å².